The Balaban J connectivity index is 2.38. The second kappa shape index (κ2) is 8.04. The van der Waals surface area contributed by atoms with E-state index >= 15 is 0 Å². The van der Waals surface area contributed by atoms with Crippen molar-refractivity contribution in [1.29, 1.82) is 0 Å². The molecule has 0 saturated carbocycles. The van der Waals surface area contributed by atoms with Crippen molar-refractivity contribution in [3.8, 4) is 11.5 Å². The highest BCUT2D eigenvalue weighted by atomic mass is 35.5. The number of ether oxygens (including phenoxy) is 2. The molecule has 0 bridgehead atoms. The van der Waals surface area contributed by atoms with Gasteiger partial charge in [-0.3, -0.25) is 4.79 Å². The molecule has 3 N–H and O–H groups in total. The molecule has 2 rings (SSSR count). The van der Waals surface area contributed by atoms with Crippen LogP contribution in [0.25, 0.3) is 0 Å². The van der Waals surface area contributed by atoms with Crippen LogP contribution in [0, 0.1) is 0 Å². The number of amides is 1. The lowest BCUT2D eigenvalue weighted by Crippen LogP contribution is -2.06. The maximum atomic E-state index is 11.2. The van der Waals surface area contributed by atoms with Crippen molar-refractivity contribution in [2.75, 3.05) is 25.3 Å². The van der Waals surface area contributed by atoms with Gasteiger partial charge in [0.25, 0.3) is 0 Å². The van der Waals surface area contributed by atoms with Gasteiger partial charge in [-0.2, -0.15) is 5.11 Å². The Morgan fingerprint density at radius 2 is 1.64 bits per heavy atom. The van der Waals surface area contributed by atoms with Crippen LogP contribution in [-0.2, 0) is 4.79 Å². The number of halogens is 2. The molecule has 0 aliphatic rings. The SMILES string of the molecule is COc1cc(/N=N/c2cc(Cl)c(NC(C)=O)c(Cl)c2)c(OC)cc1N. The first-order valence-electron chi connectivity index (χ1n) is 7.05. The smallest absolute Gasteiger partial charge is 0.221 e. The Hall–Kier alpha value is -2.51. The predicted octanol–water partition coefficient (Wildman–Crippen LogP) is 4.97. The van der Waals surface area contributed by atoms with Gasteiger partial charge in [0.2, 0.25) is 5.91 Å². The molecule has 0 aliphatic heterocycles. The molecule has 0 radical (unpaired) electrons. The summed E-state index contributed by atoms with van der Waals surface area (Å²) in [5.74, 6) is 0.609. The minimum atomic E-state index is -0.281. The highest BCUT2D eigenvalue weighted by Crippen LogP contribution is 2.39. The maximum absolute atomic E-state index is 11.2. The third-order valence-electron chi connectivity index (χ3n) is 3.13. The highest BCUT2D eigenvalue weighted by molar-refractivity contribution is 6.40. The molecule has 0 atom stereocenters. The van der Waals surface area contributed by atoms with Crippen molar-refractivity contribution in [2.24, 2.45) is 10.2 Å². The number of carbonyl (C=O) groups is 1. The number of benzene rings is 2. The number of hydrogen-bond donors (Lipinski definition) is 2. The van der Waals surface area contributed by atoms with Gasteiger partial charge in [-0.1, -0.05) is 23.2 Å². The summed E-state index contributed by atoms with van der Waals surface area (Å²) in [6.07, 6.45) is 0. The molecule has 9 heteroatoms. The highest BCUT2D eigenvalue weighted by Gasteiger charge is 2.11. The quantitative estimate of drug-likeness (QED) is 0.563. The molecule has 132 valence electrons. The fourth-order valence-corrected chi connectivity index (χ4v) is 2.58. The lowest BCUT2D eigenvalue weighted by atomic mass is 10.2. The number of nitrogens with two attached hydrogens (primary N) is 1. The topological polar surface area (TPSA) is 98.3 Å². The van der Waals surface area contributed by atoms with Crippen LogP contribution in [0.3, 0.4) is 0 Å². The first-order chi connectivity index (χ1) is 11.8. The van der Waals surface area contributed by atoms with E-state index in [-0.39, 0.29) is 16.0 Å². The van der Waals surface area contributed by atoms with Crippen LogP contribution in [0.1, 0.15) is 6.92 Å². The predicted molar refractivity (Wildman–Crippen MR) is 98.9 cm³/mol. The van der Waals surface area contributed by atoms with Gasteiger partial charge in [0.05, 0.1) is 41.3 Å². The van der Waals surface area contributed by atoms with Crippen LogP contribution < -0.4 is 20.5 Å². The van der Waals surface area contributed by atoms with E-state index in [2.05, 4.69) is 15.5 Å². The van der Waals surface area contributed by atoms with Crippen molar-refractivity contribution >= 4 is 51.9 Å². The standard InChI is InChI=1S/C16H16Cl2N4O3/c1-8(23)20-16-10(17)4-9(5-11(16)18)21-22-13-7-14(24-2)12(19)6-15(13)25-3/h4-7H,19H2,1-3H3,(H,20,23)/b22-21+. The summed E-state index contributed by atoms with van der Waals surface area (Å²) in [6.45, 7) is 1.36. The minimum Gasteiger partial charge on any atom is -0.495 e. The lowest BCUT2D eigenvalue weighted by Gasteiger charge is -2.10. The zero-order valence-corrected chi connectivity index (χ0v) is 15.3. The van der Waals surface area contributed by atoms with Crippen molar-refractivity contribution in [3.63, 3.8) is 0 Å². The Morgan fingerprint density at radius 3 is 2.16 bits per heavy atom. The van der Waals surface area contributed by atoms with E-state index in [1.54, 1.807) is 12.1 Å². The van der Waals surface area contributed by atoms with E-state index in [1.807, 2.05) is 0 Å². The molecule has 0 saturated heterocycles. The van der Waals surface area contributed by atoms with E-state index in [0.29, 0.717) is 34.2 Å². The molecule has 0 unspecified atom stereocenters. The van der Waals surface area contributed by atoms with Crippen molar-refractivity contribution in [3.05, 3.63) is 34.3 Å². The number of carbonyl (C=O) groups excluding carboxylic acids is 1. The molecule has 1 amide bonds. The van der Waals surface area contributed by atoms with Gasteiger partial charge >= 0.3 is 0 Å². The Morgan fingerprint density at radius 1 is 1.04 bits per heavy atom. The van der Waals surface area contributed by atoms with Gasteiger partial charge in [-0.25, -0.2) is 0 Å². The normalized spacial score (nSPS) is 10.8. The summed E-state index contributed by atoms with van der Waals surface area (Å²) in [5, 5.41) is 11.3. The van der Waals surface area contributed by atoms with E-state index in [4.69, 9.17) is 38.4 Å². The monoisotopic (exact) mass is 382 g/mol. The minimum absolute atomic E-state index is 0.249. The zero-order chi connectivity index (χ0) is 18.6. The van der Waals surface area contributed by atoms with Gasteiger partial charge in [0.15, 0.2) is 0 Å². The van der Waals surface area contributed by atoms with Gasteiger partial charge in [-0.05, 0) is 12.1 Å². The van der Waals surface area contributed by atoms with Crippen LogP contribution in [0.5, 0.6) is 11.5 Å². The number of methoxy groups -OCH3 is 2. The third kappa shape index (κ3) is 4.52. The van der Waals surface area contributed by atoms with Crippen LogP contribution >= 0.6 is 23.2 Å². The molecule has 0 aromatic heterocycles. The maximum Gasteiger partial charge on any atom is 0.221 e. The summed E-state index contributed by atoms with van der Waals surface area (Å²) < 4.78 is 10.4. The number of nitrogen functional groups attached to an aromatic ring is 1. The Kier molecular flexibility index (Phi) is 6.06. The van der Waals surface area contributed by atoms with Gasteiger partial charge in [0, 0.05) is 19.1 Å². The molecule has 2 aromatic rings. The van der Waals surface area contributed by atoms with Gasteiger partial charge in [0.1, 0.15) is 17.2 Å². The van der Waals surface area contributed by atoms with Crippen LogP contribution in [0.15, 0.2) is 34.5 Å². The average molecular weight is 383 g/mol. The molecule has 0 spiro atoms. The van der Waals surface area contributed by atoms with E-state index < -0.39 is 0 Å². The van der Waals surface area contributed by atoms with Crippen LogP contribution in [-0.4, -0.2) is 20.1 Å². The van der Waals surface area contributed by atoms with E-state index in [9.17, 15) is 4.79 Å². The molecular weight excluding hydrogens is 367 g/mol. The molecule has 0 aliphatic carbocycles. The molecule has 25 heavy (non-hydrogen) atoms. The number of hydrogen-bond acceptors (Lipinski definition) is 6. The van der Waals surface area contributed by atoms with Gasteiger partial charge < -0.3 is 20.5 Å². The van der Waals surface area contributed by atoms with Crippen molar-refractivity contribution in [1.82, 2.24) is 0 Å². The summed E-state index contributed by atoms with van der Waals surface area (Å²) in [4.78, 5) is 11.2. The van der Waals surface area contributed by atoms with Crippen molar-refractivity contribution in [2.45, 2.75) is 6.92 Å². The molecular formula is C16H16Cl2N4O3. The first-order valence-corrected chi connectivity index (χ1v) is 7.81. The van der Waals surface area contributed by atoms with E-state index in [1.165, 1.54) is 33.3 Å². The Bertz CT molecular complexity index is 817. The number of nitrogens with one attached hydrogen (secondary N) is 1. The fourth-order valence-electron chi connectivity index (χ4n) is 2.01. The third-order valence-corrected chi connectivity index (χ3v) is 3.73. The fraction of sp³-hybridized carbons (Fsp3) is 0.188. The molecule has 2 aromatic carbocycles. The average Bonchev–Trinajstić information content (AvgIpc) is 2.56. The number of nitrogens with zero attached hydrogens (tertiary/aromatic N) is 2. The number of azo groups is 1. The molecule has 0 fully saturated rings. The van der Waals surface area contributed by atoms with E-state index in [0.717, 1.165) is 0 Å². The van der Waals surface area contributed by atoms with Crippen LogP contribution in [0.4, 0.5) is 22.7 Å². The van der Waals surface area contributed by atoms with Crippen molar-refractivity contribution < 1.29 is 14.3 Å². The summed E-state index contributed by atoms with van der Waals surface area (Å²) >= 11 is 12.3. The largest absolute Gasteiger partial charge is 0.495 e. The summed E-state index contributed by atoms with van der Waals surface area (Å²) in [6, 6.07) is 6.26. The Labute approximate surface area is 154 Å². The zero-order valence-electron chi connectivity index (χ0n) is 13.8. The lowest BCUT2D eigenvalue weighted by molar-refractivity contribution is -0.114. The second-order valence-electron chi connectivity index (χ2n) is 4.93. The first kappa shape index (κ1) is 18.8. The summed E-state index contributed by atoms with van der Waals surface area (Å²) in [5.41, 5.74) is 7.40. The second-order valence-corrected chi connectivity index (χ2v) is 5.75. The summed E-state index contributed by atoms with van der Waals surface area (Å²) in [7, 11) is 3.00. The number of anilines is 2. The molecule has 7 nitrogen and oxygen atoms in total. The number of rotatable bonds is 5. The molecule has 0 heterocycles. The van der Waals surface area contributed by atoms with Gasteiger partial charge in [-0.15, -0.1) is 5.11 Å². The van der Waals surface area contributed by atoms with Crippen LogP contribution in [0.2, 0.25) is 10.0 Å².